The summed E-state index contributed by atoms with van der Waals surface area (Å²) in [5, 5.41) is 11.4. The zero-order chi connectivity index (χ0) is 13.0. The second-order valence-corrected chi connectivity index (χ2v) is 4.04. The van der Waals surface area contributed by atoms with Gasteiger partial charge in [0.1, 0.15) is 11.5 Å². The van der Waals surface area contributed by atoms with E-state index in [2.05, 4.69) is 10.1 Å². The molecule has 1 unspecified atom stereocenters. The van der Waals surface area contributed by atoms with Crippen LogP contribution in [0.1, 0.15) is 17.4 Å². The fraction of sp³-hybridized carbons (Fsp3) is 0.500. The number of nitrogens with zero attached hydrogens (tertiary/aromatic N) is 4. The number of aromatic nitrogens is 2. The van der Waals surface area contributed by atoms with Crippen LogP contribution in [-0.2, 0) is 7.05 Å². The Bertz CT molecular complexity index is 426. The molecule has 0 bridgehead atoms. The monoisotopic (exact) mass is 239 g/mol. The molecule has 3 N–H and O–H groups in total. The summed E-state index contributed by atoms with van der Waals surface area (Å²) in [6.45, 7) is 2.14. The number of amidine groups is 1. The smallest absolute Gasteiger partial charge is 0.273 e. The normalized spacial score (nSPS) is 13.5. The highest BCUT2D eigenvalue weighted by Gasteiger charge is 2.18. The highest BCUT2D eigenvalue weighted by molar-refractivity contribution is 5.92. The van der Waals surface area contributed by atoms with Crippen LogP contribution in [0.4, 0.5) is 0 Å². The number of imidazole rings is 1. The number of rotatable bonds is 4. The van der Waals surface area contributed by atoms with Crippen molar-refractivity contribution < 1.29 is 10.0 Å². The minimum Gasteiger partial charge on any atom is -0.409 e. The van der Waals surface area contributed by atoms with E-state index in [0.717, 1.165) is 0 Å². The van der Waals surface area contributed by atoms with Crippen LogP contribution in [0.2, 0.25) is 0 Å². The van der Waals surface area contributed by atoms with Crippen molar-refractivity contribution in [2.24, 2.45) is 23.9 Å². The van der Waals surface area contributed by atoms with E-state index >= 15 is 0 Å². The molecule has 7 nitrogen and oxygen atoms in total. The van der Waals surface area contributed by atoms with Gasteiger partial charge in [0.2, 0.25) is 0 Å². The number of carbonyl (C=O) groups excluding carboxylic acids is 1. The topological polar surface area (TPSA) is 96.7 Å². The highest BCUT2D eigenvalue weighted by Crippen LogP contribution is 2.04. The maximum atomic E-state index is 11.9. The predicted molar refractivity (Wildman–Crippen MR) is 62.7 cm³/mol. The molecule has 0 fully saturated rings. The van der Waals surface area contributed by atoms with E-state index in [1.54, 1.807) is 38.1 Å². The maximum absolute atomic E-state index is 11.9. The molecule has 0 aromatic carbocycles. The summed E-state index contributed by atoms with van der Waals surface area (Å²) in [6, 6.07) is 0. The molecule has 1 aromatic heterocycles. The number of amides is 1. The van der Waals surface area contributed by atoms with E-state index in [9.17, 15) is 4.79 Å². The number of aryl methyl sites for hydroxylation is 1. The van der Waals surface area contributed by atoms with Crippen LogP contribution in [-0.4, -0.2) is 45.0 Å². The Morgan fingerprint density at radius 1 is 1.76 bits per heavy atom. The molecular formula is C10H17N5O2. The summed E-state index contributed by atoms with van der Waals surface area (Å²) in [5.74, 6) is -0.300. The Morgan fingerprint density at radius 2 is 2.41 bits per heavy atom. The number of hydrogen-bond acceptors (Lipinski definition) is 4. The lowest BCUT2D eigenvalue weighted by molar-refractivity contribution is 0.0780. The van der Waals surface area contributed by atoms with Crippen molar-refractivity contribution in [3.05, 3.63) is 18.2 Å². The van der Waals surface area contributed by atoms with Gasteiger partial charge in [-0.1, -0.05) is 12.1 Å². The standard InChI is InChI=1S/C10H17N5O2/c1-7(9(11)13-17)4-15(3)10(16)8-5-14(2)6-12-8/h5-7,17H,4H2,1-3H3,(H2,11,13). The van der Waals surface area contributed by atoms with Crippen molar-refractivity contribution in [1.29, 1.82) is 0 Å². The first-order valence-electron chi connectivity index (χ1n) is 5.16. The van der Waals surface area contributed by atoms with E-state index in [1.807, 2.05) is 0 Å². The average molecular weight is 239 g/mol. The van der Waals surface area contributed by atoms with Crippen molar-refractivity contribution in [3.63, 3.8) is 0 Å². The molecule has 17 heavy (non-hydrogen) atoms. The van der Waals surface area contributed by atoms with Crippen LogP contribution >= 0.6 is 0 Å². The molecule has 1 heterocycles. The van der Waals surface area contributed by atoms with Crippen molar-refractivity contribution in [3.8, 4) is 0 Å². The van der Waals surface area contributed by atoms with Gasteiger partial charge in [-0.3, -0.25) is 4.79 Å². The maximum Gasteiger partial charge on any atom is 0.273 e. The predicted octanol–water partition coefficient (Wildman–Crippen LogP) is -0.125. The summed E-state index contributed by atoms with van der Waals surface area (Å²) >= 11 is 0. The van der Waals surface area contributed by atoms with E-state index < -0.39 is 0 Å². The molecule has 0 radical (unpaired) electrons. The minimum atomic E-state index is -0.210. The Morgan fingerprint density at radius 3 is 2.88 bits per heavy atom. The van der Waals surface area contributed by atoms with Gasteiger partial charge in [-0.2, -0.15) is 0 Å². The lowest BCUT2D eigenvalue weighted by Crippen LogP contribution is -2.36. The van der Waals surface area contributed by atoms with Crippen LogP contribution in [0.5, 0.6) is 0 Å². The third-order valence-corrected chi connectivity index (χ3v) is 2.44. The molecular weight excluding hydrogens is 222 g/mol. The van der Waals surface area contributed by atoms with Gasteiger partial charge in [-0.15, -0.1) is 0 Å². The van der Waals surface area contributed by atoms with Gasteiger partial charge in [0.25, 0.3) is 5.91 Å². The molecule has 0 saturated heterocycles. The molecule has 94 valence electrons. The highest BCUT2D eigenvalue weighted by atomic mass is 16.4. The molecule has 1 rings (SSSR count). The number of nitrogens with two attached hydrogens (primary N) is 1. The van der Waals surface area contributed by atoms with Crippen molar-refractivity contribution >= 4 is 11.7 Å². The molecule has 1 amide bonds. The molecule has 7 heteroatoms. The van der Waals surface area contributed by atoms with Gasteiger partial charge >= 0.3 is 0 Å². The van der Waals surface area contributed by atoms with Gasteiger partial charge in [0, 0.05) is 32.8 Å². The molecule has 0 aliphatic carbocycles. The van der Waals surface area contributed by atoms with E-state index in [1.165, 1.54) is 4.90 Å². The lowest BCUT2D eigenvalue weighted by Gasteiger charge is -2.19. The summed E-state index contributed by atoms with van der Waals surface area (Å²) in [7, 11) is 3.45. The van der Waals surface area contributed by atoms with Gasteiger partial charge < -0.3 is 20.4 Å². The molecule has 1 aromatic rings. The second-order valence-electron chi connectivity index (χ2n) is 4.04. The minimum absolute atomic E-state index is 0.102. The van der Waals surface area contributed by atoms with Crippen LogP contribution in [0.25, 0.3) is 0 Å². The largest absolute Gasteiger partial charge is 0.409 e. The van der Waals surface area contributed by atoms with Crippen LogP contribution in [0, 0.1) is 5.92 Å². The van der Waals surface area contributed by atoms with Crippen molar-refractivity contribution in [2.75, 3.05) is 13.6 Å². The lowest BCUT2D eigenvalue weighted by atomic mass is 10.1. The molecule has 0 aliphatic heterocycles. The third kappa shape index (κ3) is 3.20. The molecule has 0 spiro atoms. The Kier molecular flexibility index (Phi) is 4.08. The quantitative estimate of drug-likeness (QED) is 0.331. The summed E-state index contributed by atoms with van der Waals surface area (Å²) in [5.41, 5.74) is 5.83. The fourth-order valence-corrected chi connectivity index (χ4v) is 1.40. The van der Waals surface area contributed by atoms with Gasteiger partial charge in [-0.25, -0.2) is 4.98 Å². The van der Waals surface area contributed by atoms with Gasteiger partial charge in [0.05, 0.1) is 6.33 Å². The number of carbonyl (C=O) groups is 1. The summed E-state index contributed by atoms with van der Waals surface area (Å²) in [6.07, 6.45) is 3.21. The van der Waals surface area contributed by atoms with Crippen LogP contribution in [0.3, 0.4) is 0 Å². The first-order chi connectivity index (χ1) is 7.95. The summed E-state index contributed by atoms with van der Waals surface area (Å²) < 4.78 is 1.70. The van der Waals surface area contributed by atoms with Gasteiger partial charge in [0.15, 0.2) is 0 Å². The van der Waals surface area contributed by atoms with Gasteiger partial charge in [-0.05, 0) is 0 Å². The van der Waals surface area contributed by atoms with Crippen molar-refractivity contribution in [1.82, 2.24) is 14.5 Å². The van der Waals surface area contributed by atoms with E-state index in [4.69, 9.17) is 10.9 Å². The molecule has 0 aliphatic rings. The Labute approximate surface area is 99.5 Å². The van der Waals surface area contributed by atoms with Crippen molar-refractivity contribution in [2.45, 2.75) is 6.92 Å². The Hall–Kier alpha value is -2.05. The summed E-state index contributed by atoms with van der Waals surface area (Å²) in [4.78, 5) is 17.4. The first-order valence-corrected chi connectivity index (χ1v) is 5.16. The zero-order valence-corrected chi connectivity index (χ0v) is 10.2. The van der Waals surface area contributed by atoms with E-state index in [0.29, 0.717) is 12.2 Å². The SMILES string of the molecule is CC(CN(C)C(=O)c1cn(C)cn1)C(N)=NO. The van der Waals surface area contributed by atoms with E-state index in [-0.39, 0.29) is 17.7 Å². The zero-order valence-electron chi connectivity index (χ0n) is 10.2. The number of hydrogen-bond donors (Lipinski definition) is 2. The fourth-order valence-electron chi connectivity index (χ4n) is 1.40. The van der Waals surface area contributed by atoms with Crippen LogP contribution in [0.15, 0.2) is 17.7 Å². The second kappa shape index (κ2) is 5.33. The third-order valence-electron chi connectivity index (χ3n) is 2.44. The van der Waals surface area contributed by atoms with Crippen LogP contribution < -0.4 is 5.73 Å². The molecule has 1 atom stereocenters. The first kappa shape index (κ1) is 13.0. The molecule has 0 saturated carbocycles. The average Bonchev–Trinajstić information content (AvgIpc) is 2.73. The number of oxime groups is 1. The Balaban J connectivity index is 2.65.